The molecule has 1 saturated carbocycles. The number of nitrogens with zero attached hydrogens (tertiary/aromatic N) is 2. The van der Waals surface area contributed by atoms with Gasteiger partial charge in [-0.15, -0.1) is 0 Å². The van der Waals surface area contributed by atoms with Crippen LogP contribution in [-0.2, 0) is 4.79 Å². The van der Waals surface area contributed by atoms with E-state index in [1.165, 1.54) is 12.8 Å². The van der Waals surface area contributed by atoms with Gasteiger partial charge in [0.1, 0.15) is 5.41 Å². The van der Waals surface area contributed by atoms with E-state index in [9.17, 15) is 4.79 Å². The lowest BCUT2D eigenvalue weighted by Gasteiger charge is -2.39. The molecule has 106 valence electrons. The van der Waals surface area contributed by atoms with Crippen LogP contribution in [0.5, 0.6) is 0 Å². The SMILES string of the molecule is CN1CCC(C(C)(C)CNC(=O)C2(C#N)CC2)CC1. The summed E-state index contributed by atoms with van der Waals surface area (Å²) in [5.41, 5.74) is -0.578. The number of rotatable bonds is 4. The number of nitrogens with one attached hydrogen (secondary N) is 1. The zero-order valence-electron chi connectivity index (χ0n) is 12.3. The normalized spacial score (nSPS) is 23.7. The van der Waals surface area contributed by atoms with Crippen molar-refractivity contribution in [3.8, 4) is 6.07 Å². The Balaban J connectivity index is 1.84. The maximum Gasteiger partial charge on any atom is 0.240 e. The Kier molecular flexibility index (Phi) is 3.87. The number of hydrogen-bond donors (Lipinski definition) is 1. The lowest BCUT2D eigenvalue weighted by molar-refractivity contribution is -0.125. The molecule has 0 atom stereocenters. The Bertz CT molecular complexity index is 385. The predicted octanol–water partition coefficient (Wildman–Crippen LogP) is 1.77. The van der Waals surface area contributed by atoms with Crippen LogP contribution in [0.2, 0.25) is 0 Å². The van der Waals surface area contributed by atoms with Crippen molar-refractivity contribution in [3.05, 3.63) is 0 Å². The summed E-state index contributed by atoms with van der Waals surface area (Å²) in [6.07, 6.45) is 3.85. The second kappa shape index (κ2) is 5.13. The van der Waals surface area contributed by atoms with E-state index in [1.54, 1.807) is 0 Å². The van der Waals surface area contributed by atoms with Gasteiger partial charge >= 0.3 is 0 Å². The van der Waals surface area contributed by atoms with Gasteiger partial charge in [-0.2, -0.15) is 5.26 Å². The molecule has 0 aromatic rings. The standard InChI is InChI=1S/C15H25N3O/c1-14(2,12-4-8-18(3)9-5-12)11-17-13(19)15(10-16)6-7-15/h12H,4-9,11H2,1-3H3,(H,17,19). The third kappa shape index (κ3) is 3.09. The molecular formula is C15H25N3O. The van der Waals surface area contributed by atoms with Crippen LogP contribution in [0.25, 0.3) is 0 Å². The first kappa shape index (κ1) is 14.3. The summed E-state index contributed by atoms with van der Waals surface area (Å²) < 4.78 is 0. The molecule has 0 bridgehead atoms. The fraction of sp³-hybridized carbons (Fsp3) is 0.867. The first-order valence-electron chi connectivity index (χ1n) is 7.28. The smallest absolute Gasteiger partial charge is 0.240 e. The highest BCUT2D eigenvalue weighted by Gasteiger charge is 2.50. The molecule has 19 heavy (non-hydrogen) atoms. The maximum atomic E-state index is 12.0. The summed E-state index contributed by atoms with van der Waals surface area (Å²) in [4.78, 5) is 14.4. The molecule has 0 spiro atoms. The molecule has 0 aromatic heterocycles. The molecule has 1 N–H and O–H groups in total. The number of nitriles is 1. The molecule has 1 amide bonds. The quantitative estimate of drug-likeness (QED) is 0.841. The third-order valence-corrected chi connectivity index (χ3v) is 4.93. The Labute approximate surface area is 116 Å². The van der Waals surface area contributed by atoms with Gasteiger partial charge < -0.3 is 10.2 Å². The summed E-state index contributed by atoms with van der Waals surface area (Å²) >= 11 is 0. The van der Waals surface area contributed by atoms with Crippen molar-refractivity contribution in [2.45, 2.75) is 39.5 Å². The second-order valence-corrected chi connectivity index (χ2v) is 6.94. The predicted molar refractivity (Wildman–Crippen MR) is 74.3 cm³/mol. The minimum atomic E-state index is -0.692. The monoisotopic (exact) mass is 263 g/mol. The summed E-state index contributed by atoms with van der Waals surface area (Å²) in [5, 5.41) is 12.0. The molecule has 1 saturated heterocycles. The molecule has 2 aliphatic rings. The van der Waals surface area contributed by atoms with Crippen LogP contribution in [0.4, 0.5) is 0 Å². The summed E-state index contributed by atoms with van der Waals surface area (Å²) in [7, 11) is 2.16. The van der Waals surface area contributed by atoms with E-state index >= 15 is 0 Å². The number of amides is 1. The van der Waals surface area contributed by atoms with E-state index in [2.05, 4.69) is 37.2 Å². The maximum absolute atomic E-state index is 12.0. The lowest BCUT2D eigenvalue weighted by Crippen LogP contribution is -2.44. The van der Waals surface area contributed by atoms with Gasteiger partial charge in [-0.25, -0.2) is 0 Å². The van der Waals surface area contributed by atoms with E-state index < -0.39 is 5.41 Å². The van der Waals surface area contributed by atoms with Crippen LogP contribution in [0.15, 0.2) is 0 Å². The van der Waals surface area contributed by atoms with E-state index in [4.69, 9.17) is 5.26 Å². The highest BCUT2D eigenvalue weighted by atomic mass is 16.2. The number of carbonyl (C=O) groups excluding carboxylic acids is 1. The van der Waals surface area contributed by atoms with Gasteiger partial charge in [0, 0.05) is 6.54 Å². The number of likely N-dealkylation sites (tertiary alicyclic amines) is 1. The van der Waals surface area contributed by atoms with Crippen LogP contribution in [-0.4, -0.2) is 37.5 Å². The number of piperidine rings is 1. The molecule has 0 radical (unpaired) electrons. The van der Waals surface area contributed by atoms with Crippen LogP contribution in [0, 0.1) is 28.1 Å². The van der Waals surface area contributed by atoms with Gasteiger partial charge in [-0.05, 0) is 57.2 Å². The van der Waals surface area contributed by atoms with Crippen molar-refractivity contribution in [1.29, 1.82) is 5.26 Å². The molecule has 0 aromatic carbocycles. The van der Waals surface area contributed by atoms with Crippen molar-refractivity contribution in [2.24, 2.45) is 16.7 Å². The van der Waals surface area contributed by atoms with Crippen molar-refractivity contribution < 1.29 is 4.79 Å². The zero-order valence-corrected chi connectivity index (χ0v) is 12.3. The summed E-state index contributed by atoms with van der Waals surface area (Å²) in [6, 6.07) is 2.16. The first-order chi connectivity index (χ1) is 8.89. The third-order valence-electron chi connectivity index (χ3n) is 4.93. The van der Waals surface area contributed by atoms with E-state index in [-0.39, 0.29) is 11.3 Å². The number of carbonyl (C=O) groups is 1. The average Bonchev–Trinajstić information content (AvgIpc) is 3.17. The summed E-state index contributed by atoms with van der Waals surface area (Å²) in [6.45, 7) is 7.43. The van der Waals surface area contributed by atoms with Gasteiger partial charge in [-0.3, -0.25) is 4.79 Å². The van der Waals surface area contributed by atoms with E-state index in [1.807, 2.05) is 0 Å². The Hall–Kier alpha value is -1.08. The Morgan fingerprint density at radius 2 is 2.00 bits per heavy atom. The van der Waals surface area contributed by atoms with Gasteiger partial charge in [0.25, 0.3) is 0 Å². The Morgan fingerprint density at radius 3 is 2.47 bits per heavy atom. The molecule has 4 heteroatoms. The van der Waals surface area contributed by atoms with Gasteiger partial charge in [0.15, 0.2) is 0 Å². The fourth-order valence-electron chi connectivity index (χ4n) is 2.93. The van der Waals surface area contributed by atoms with Gasteiger partial charge in [0.2, 0.25) is 5.91 Å². The first-order valence-corrected chi connectivity index (χ1v) is 7.28. The average molecular weight is 263 g/mol. The van der Waals surface area contributed by atoms with Crippen LogP contribution in [0.3, 0.4) is 0 Å². The zero-order chi connectivity index (χ0) is 14.1. The molecule has 2 fully saturated rings. The van der Waals surface area contributed by atoms with Crippen molar-refractivity contribution >= 4 is 5.91 Å². The molecule has 0 unspecified atom stereocenters. The number of hydrogen-bond acceptors (Lipinski definition) is 3. The molecule has 1 heterocycles. The topological polar surface area (TPSA) is 56.1 Å². The van der Waals surface area contributed by atoms with Crippen molar-refractivity contribution in [3.63, 3.8) is 0 Å². The van der Waals surface area contributed by atoms with Gasteiger partial charge in [0.05, 0.1) is 6.07 Å². The molecule has 1 aliphatic carbocycles. The molecular weight excluding hydrogens is 238 g/mol. The molecule has 1 aliphatic heterocycles. The van der Waals surface area contributed by atoms with Crippen LogP contribution in [0.1, 0.15) is 39.5 Å². The van der Waals surface area contributed by atoms with Crippen LogP contribution < -0.4 is 5.32 Å². The molecule has 2 rings (SSSR count). The lowest BCUT2D eigenvalue weighted by atomic mass is 9.73. The Morgan fingerprint density at radius 1 is 1.42 bits per heavy atom. The largest absolute Gasteiger partial charge is 0.354 e. The highest BCUT2D eigenvalue weighted by Crippen LogP contribution is 2.45. The fourth-order valence-corrected chi connectivity index (χ4v) is 2.93. The summed E-state index contributed by atoms with van der Waals surface area (Å²) in [5.74, 6) is 0.595. The minimum absolute atomic E-state index is 0.0593. The highest BCUT2D eigenvalue weighted by molar-refractivity contribution is 5.88. The van der Waals surface area contributed by atoms with Crippen molar-refractivity contribution in [2.75, 3.05) is 26.7 Å². The second-order valence-electron chi connectivity index (χ2n) is 6.94. The van der Waals surface area contributed by atoms with Crippen LogP contribution >= 0.6 is 0 Å². The minimum Gasteiger partial charge on any atom is -0.354 e. The molecule has 4 nitrogen and oxygen atoms in total. The van der Waals surface area contributed by atoms with E-state index in [0.29, 0.717) is 12.5 Å². The van der Waals surface area contributed by atoms with Gasteiger partial charge in [-0.1, -0.05) is 13.8 Å². The van der Waals surface area contributed by atoms with E-state index in [0.717, 1.165) is 25.9 Å². The van der Waals surface area contributed by atoms with Crippen molar-refractivity contribution in [1.82, 2.24) is 10.2 Å².